The molecule has 0 unspecified atom stereocenters. The van der Waals surface area contributed by atoms with Crippen molar-refractivity contribution in [2.24, 2.45) is 0 Å². The Morgan fingerprint density at radius 1 is 0.952 bits per heavy atom. The highest BCUT2D eigenvalue weighted by atomic mass is 16.5. The van der Waals surface area contributed by atoms with Crippen molar-refractivity contribution in [2.45, 2.75) is 46.0 Å². The molecule has 0 amide bonds. The van der Waals surface area contributed by atoms with E-state index in [2.05, 4.69) is 11.9 Å². The normalized spacial score (nSPS) is 10.2. The number of carbonyl (C=O) groups excluding carboxylic acids is 2. The molecule has 0 fully saturated rings. The van der Waals surface area contributed by atoms with Crippen LogP contribution in [0, 0.1) is 0 Å². The van der Waals surface area contributed by atoms with Gasteiger partial charge in [-0.2, -0.15) is 0 Å². The van der Waals surface area contributed by atoms with E-state index in [1.165, 1.54) is 25.0 Å². The fourth-order valence-electron chi connectivity index (χ4n) is 1.81. The Kier molecular flexibility index (Phi) is 8.09. The van der Waals surface area contributed by atoms with Crippen LogP contribution >= 0.6 is 0 Å². The molecule has 5 nitrogen and oxygen atoms in total. The SMILES string of the molecule is CCCCCCCOC(=O)c1cccc(C(=O)OCC)n1. The van der Waals surface area contributed by atoms with Crippen LogP contribution in [0.15, 0.2) is 18.2 Å². The van der Waals surface area contributed by atoms with Crippen LogP contribution in [0.4, 0.5) is 0 Å². The molecule has 0 aliphatic heterocycles. The molecule has 0 radical (unpaired) electrons. The number of esters is 2. The minimum absolute atomic E-state index is 0.120. The van der Waals surface area contributed by atoms with Crippen molar-refractivity contribution >= 4 is 11.9 Å². The number of aromatic nitrogens is 1. The minimum Gasteiger partial charge on any atom is -0.461 e. The number of hydrogen-bond acceptors (Lipinski definition) is 5. The average Bonchev–Trinajstić information content (AvgIpc) is 2.51. The number of carbonyl (C=O) groups is 2. The Morgan fingerprint density at radius 3 is 2.19 bits per heavy atom. The van der Waals surface area contributed by atoms with E-state index < -0.39 is 11.9 Å². The maximum absolute atomic E-state index is 11.8. The summed E-state index contributed by atoms with van der Waals surface area (Å²) in [6, 6.07) is 4.64. The molecule has 21 heavy (non-hydrogen) atoms. The van der Waals surface area contributed by atoms with E-state index in [0.29, 0.717) is 6.61 Å². The third-order valence-corrected chi connectivity index (χ3v) is 2.92. The molecule has 0 saturated heterocycles. The van der Waals surface area contributed by atoms with Crippen molar-refractivity contribution < 1.29 is 19.1 Å². The van der Waals surface area contributed by atoms with Crippen molar-refractivity contribution in [1.29, 1.82) is 0 Å². The molecule has 0 atom stereocenters. The number of pyridine rings is 1. The van der Waals surface area contributed by atoms with E-state index in [0.717, 1.165) is 19.3 Å². The highest BCUT2D eigenvalue weighted by Gasteiger charge is 2.13. The third kappa shape index (κ3) is 6.38. The van der Waals surface area contributed by atoms with Crippen LogP contribution in [0.2, 0.25) is 0 Å². The molecule has 1 rings (SSSR count). The van der Waals surface area contributed by atoms with Gasteiger partial charge in [-0.05, 0) is 25.5 Å². The first kappa shape index (κ1) is 17.1. The summed E-state index contributed by atoms with van der Waals surface area (Å²) < 4.78 is 9.99. The Bertz CT molecular complexity index is 459. The van der Waals surface area contributed by atoms with Gasteiger partial charge in [-0.3, -0.25) is 0 Å². The van der Waals surface area contributed by atoms with Crippen LogP contribution in [-0.2, 0) is 9.47 Å². The number of nitrogens with zero attached hydrogens (tertiary/aromatic N) is 1. The first-order valence-corrected chi connectivity index (χ1v) is 7.50. The lowest BCUT2D eigenvalue weighted by Crippen LogP contribution is -2.13. The number of hydrogen-bond donors (Lipinski definition) is 0. The Hall–Kier alpha value is -1.91. The van der Waals surface area contributed by atoms with E-state index in [1.54, 1.807) is 13.0 Å². The van der Waals surface area contributed by atoms with E-state index in [9.17, 15) is 9.59 Å². The van der Waals surface area contributed by atoms with Crippen molar-refractivity contribution in [2.75, 3.05) is 13.2 Å². The fraction of sp³-hybridized carbons (Fsp3) is 0.562. The van der Waals surface area contributed by atoms with Crippen molar-refractivity contribution in [1.82, 2.24) is 4.98 Å². The molecule has 0 saturated carbocycles. The van der Waals surface area contributed by atoms with Gasteiger partial charge in [0.25, 0.3) is 0 Å². The van der Waals surface area contributed by atoms with E-state index in [4.69, 9.17) is 9.47 Å². The van der Waals surface area contributed by atoms with Crippen LogP contribution in [0.25, 0.3) is 0 Å². The molecule has 0 bridgehead atoms. The highest BCUT2D eigenvalue weighted by molar-refractivity contribution is 5.91. The van der Waals surface area contributed by atoms with Gasteiger partial charge in [0.05, 0.1) is 13.2 Å². The second-order valence-corrected chi connectivity index (χ2v) is 4.68. The molecular weight excluding hydrogens is 270 g/mol. The highest BCUT2D eigenvalue weighted by Crippen LogP contribution is 2.06. The molecule has 1 heterocycles. The number of unbranched alkanes of at least 4 members (excludes halogenated alkanes) is 4. The number of rotatable bonds is 9. The lowest BCUT2D eigenvalue weighted by molar-refractivity contribution is 0.0488. The first-order chi connectivity index (χ1) is 10.2. The van der Waals surface area contributed by atoms with Crippen LogP contribution in [0.3, 0.4) is 0 Å². The largest absolute Gasteiger partial charge is 0.461 e. The summed E-state index contributed by atoms with van der Waals surface area (Å²) in [5, 5.41) is 0. The maximum atomic E-state index is 11.8. The van der Waals surface area contributed by atoms with Crippen molar-refractivity contribution in [3.05, 3.63) is 29.6 Å². The van der Waals surface area contributed by atoms with Crippen molar-refractivity contribution in [3.8, 4) is 0 Å². The first-order valence-electron chi connectivity index (χ1n) is 7.50. The average molecular weight is 293 g/mol. The van der Waals surface area contributed by atoms with Gasteiger partial charge in [-0.25, -0.2) is 14.6 Å². The summed E-state index contributed by atoms with van der Waals surface area (Å²) >= 11 is 0. The zero-order chi connectivity index (χ0) is 15.5. The van der Waals surface area contributed by atoms with Gasteiger partial charge in [0.2, 0.25) is 0 Å². The predicted octanol–water partition coefficient (Wildman–Crippen LogP) is 3.39. The fourth-order valence-corrected chi connectivity index (χ4v) is 1.81. The van der Waals surface area contributed by atoms with Crippen LogP contribution in [-0.4, -0.2) is 30.1 Å². The smallest absolute Gasteiger partial charge is 0.356 e. The quantitative estimate of drug-likeness (QED) is 0.516. The summed E-state index contributed by atoms with van der Waals surface area (Å²) in [4.78, 5) is 27.3. The minimum atomic E-state index is -0.535. The van der Waals surface area contributed by atoms with E-state index in [1.807, 2.05) is 0 Å². The Balaban J connectivity index is 2.43. The molecule has 0 aromatic carbocycles. The molecule has 1 aromatic rings. The Labute approximate surface area is 125 Å². The zero-order valence-corrected chi connectivity index (χ0v) is 12.8. The van der Waals surface area contributed by atoms with Crippen LogP contribution in [0.5, 0.6) is 0 Å². The maximum Gasteiger partial charge on any atom is 0.356 e. The summed E-state index contributed by atoms with van der Waals surface area (Å²) in [5.74, 6) is -1.04. The molecule has 1 aromatic heterocycles. The van der Waals surface area contributed by atoms with Gasteiger partial charge < -0.3 is 9.47 Å². The van der Waals surface area contributed by atoms with Gasteiger partial charge in [0.1, 0.15) is 11.4 Å². The van der Waals surface area contributed by atoms with Gasteiger partial charge >= 0.3 is 11.9 Å². The monoisotopic (exact) mass is 293 g/mol. The predicted molar refractivity (Wildman–Crippen MR) is 79.2 cm³/mol. The summed E-state index contributed by atoms with van der Waals surface area (Å²) in [6.45, 7) is 4.53. The standard InChI is InChI=1S/C16H23NO4/c1-3-5-6-7-8-12-21-16(19)14-11-9-10-13(17-14)15(18)20-4-2/h9-11H,3-8,12H2,1-2H3. The van der Waals surface area contributed by atoms with Gasteiger partial charge in [0.15, 0.2) is 0 Å². The summed E-state index contributed by atoms with van der Waals surface area (Å²) in [7, 11) is 0. The second kappa shape index (κ2) is 9.91. The molecular formula is C16H23NO4. The second-order valence-electron chi connectivity index (χ2n) is 4.68. The lowest BCUT2D eigenvalue weighted by atomic mass is 10.2. The van der Waals surface area contributed by atoms with E-state index in [-0.39, 0.29) is 18.0 Å². The van der Waals surface area contributed by atoms with Crippen LogP contribution in [0.1, 0.15) is 66.9 Å². The molecule has 0 spiro atoms. The molecule has 0 aliphatic rings. The molecule has 0 aliphatic carbocycles. The van der Waals surface area contributed by atoms with Crippen molar-refractivity contribution in [3.63, 3.8) is 0 Å². The summed E-state index contributed by atoms with van der Waals surface area (Å²) in [6.07, 6.45) is 5.45. The topological polar surface area (TPSA) is 65.5 Å². The van der Waals surface area contributed by atoms with Gasteiger partial charge in [-0.1, -0.05) is 38.7 Å². The molecule has 5 heteroatoms. The third-order valence-electron chi connectivity index (χ3n) is 2.92. The van der Waals surface area contributed by atoms with Crippen LogP contribution < -0.4 is 0 Å². The summed E-state index contributed by atoms with van der Waals surface area (Å²) in [5.41, 5.74) is 0.253. The van der Waals surface area contributed by atoms with E-state index >= 15 is 0 Å². The molecule has 116 valence electrons. The van der Waals surface area contributed by atoms with Gasteiger partial charge in [-0.15, -0.1) is 0 Å². The van der Waals surface area contributed by atoms with Gasteiger partial charge in [0, 0.05) is 0 Å². The zero-order valence-electron chi connectivity index (χ0n) is 12.8. The Morgan fingerprint density at radius 2 is 1.57 bits per heavy atom. The molecule has 0 N–H and O–H groups in total. The number of ether oxygens (including phenoxy) is 2. The lowest BCUT2D eigenvalue weighted by Gasteiger charge is -2.05.